The molecule has 106 valence electrons. The number of hydrogen-bond acceptors (Lipinski definition) is 3. The lowest BCUT2D eigenvalue weighted by Gasteiger charge is -2.22. The fourth-order valence-electron chi connectivity index (χ4n) is 1.62. The summed E-state index contributed by atoms with van der Waals surface area (Å²) in [6, 6.07) is 6.78. The number of carboxylic acid groups (broad SMARTS) is 1. The lowest BCUT2D eigenvalue weighted by Crippen LogP contribution is -2.37. The molecule has 19 heavy (non-hydrogen) atoms. The number of nitrogens with zero attached hydrogens (tertiary/aromatic N) is 1. The first-order valence-electron chi connectivity index (χ1n) is 6.15. The Balaban J connectivity index is 3.07. The molecule has 0 radical (unpaired) electrons. The zero-order chi connectivity index (χ0) is 14.5. The van der Waals surface area contributed by atoms with E-state index >= 15 is 0 Å². The van der Waals surface area contributed by atoms with E-state index in [0.29, 0.717) is 12.1 Å². The van der Waals surface area contributed by atoms with E-state index in [1.54, 1.807) is 24.3 Å². The zero-order valence-electron chi connectivity index (χ0n) is 11.2. The molecule has 1 aromatic rings. The van der Waals surface area contributed by atoms with Crippen molar-refractivity contribution in [3.63, 3.8) is 0 Å². The van der Waals surface area contributed by atoms with Crippen LogP contribution >= 0.6 is 0 Å². The number of aryl methyl sites for hydroxylation is 1. The second-order valence-corrected chi connectivity index (χ2v) is 6.42. The average Bonchev–Trinajstić information content (AvgIpc) is 2.34. The third kappa shape index (κ3) is 4.55. The average molecular weight is 285 g/mol. The van der Waals surface area contributed by atoms with Crippen LogP contribution in [0.2, 0.25) is 0 Å². The molecule has 0 unspecified atom stereocenters. The Morgan fingerprint density at radius 3 is 2.32 bits per heavy atom. The highest BCUT2D eigenvalue weighted by molar-refractivity contribution is 7.92. The van der Waals surface area contributed by atoms with Gasteiger partial charge in [-0.3, -0.25) is 9.10 Å². The highest BCUT2D eigenvalue weighted by atomic mass is 32.2. The molecule has 0 amide bonds. The van der Waals surface area contributed by atoms with Crippen LogP contribution in [-0.2, 0) is 14.8 Å². The summed E-state index contributed by atoms with van der Waals surface area (Å²) >= 11 is 0. The number of hydrogen-bond donors (Lipinski definition) is 1. The van der Waals surface area contributed by atoms with E-state index < -0.39 is 22.5 Å². The number of aliphatic carboxylic acids is 1. The Kier molecular flexibility index (Phi) is 5.35. The molecule has 1 N–H and O–H groups in total. The van der Waals surface area contributed by atoms with Gasteiger partial charge >= 0.3 is 5.97 Å². The summed E-state index contributed by atoms with van der Waals surface area (Å²) in [5, 5.41) is 8.88. The van der Waals surface area contributed by atoms with Crippen LogP contribution in [0.4, 0.5) is 5.69 Å². The van der Waals surface area contributed by atoms with Crippen LogP contribution in [0.1, 0.15) is 25.3 Å². The van der Waals surface area contributed by atoms with Gasteiger partial charge in [-0.25, -0.2) is 8.42 Å². The predicted octanol–water partition coefficient (Wildman–Crippen LogP) is 2.02. The van der Waals surface area contributed by atoms with Gasteiger partial charge < -0.3 is 5.11 Å². The zero-order valence-corrected chi connectivity index (χ0v) is 12.0. The normalized spacial score (nSPS) is 11.3. The molecule has 1 rings (SSSR count). The molecular formula is C13H19NO4S. The van der Waals surface area contributed by atoms with Crippen LogP contribution in [0.5, 0.6) is 0 Å². The molecule has 5 nitrogen and oxygen atoms in total. The molecule has 0 saturated heterocycles. The van der Waals surface area contributed by atoms with Gasteiger partial charge in [0.2, 0.25) is 10.0 Å². The van der Waals surface area contributed by atoms with Crippen LogP contribution in [0.15, 0.2) is 24.3 Å². The molecule has 6 heteroatoms. The van der Waals surface area contributed by atoms with E-state index in [1.807, 2.05) is 13.8 Å². The van der Waals surface area contributed by atoms with E-state index in [0.717, 1.165) is 16.3 Å². The first-order chi connectivity index (χ1) is 8.86. The minimum absolute atomic E-state index is 0.0370. The highest BCUT2D eigenvalue weighted by Crippen LogP contribution is 2.19. The van der Waals surface area contributed by atoms with Gasteiger partial charge in [0.1, 0.15) is 6.54 Å². The molecule has 1 aromatic carbocycles. The Bertz CT molecular complexity index is 522. The highest BCUT2D eigenvalue weighted by Gasteiger charge is 2.24. The topological polar surface area (TPSA) is 74.7 Å². The van der Waals surface area contributed by atoms with E-state index in [-0.39, 0.29) is 5.75 Å². The quantitative estimate of drug-likeness (QED) is 0.831. The molecule has 0 saturated carbocycles. The second kappa shape index (κ2) is 6.56. The largest absolute Gasteiger partial charge is 0.480 e. The molecule has 0 fully saturated rings. The maximum atomic E-state index is 12.2. The monoisotopic (exact) mass is 285 g/mol. The van der Waals surface area contributed by atoms with E-state index in [4.69, 9.17) is 5.11 Å². The first kappa shape index (κ1) is 15.5. The molecular weight excluding hydrogens is 266 g/mol. The lowest BCUT2D eigenvalue weighted by atomic mass is 10.2. The van der Waals surface area contributed by atoms with Crippen molar-refractivity contribution in [2.75, 3.05) is 16.6 Å². The lowest BCUT2D eigenvalue weighted by molar-refractivity contribution is -0.135. The molecule has 0 aromatic heterocycles. The maximum Gasteiger partial charge on any atom is 0.324 e. The molecule has 0 bridgehead atoms. The third-order valence-electron chi connectivity index (χ3n) is 2.69. The van der Waals surface area contributed by atoms with Crippen molar-refractivity contribution in [1.82, 2.24) is 0 Å². The summed E-state index contributed by atoms with van der Waals surface area (Å²) in [6.07, 6.45) is 1.26. The summed E-state index contributed by atoms with van der Waals surface area (Å²) < 4.78 is 25.3. The van der Waals surface area contributed by atoms with Crippen molar-refractivity contribution in [2.45, 2.75) is 26.7 Å². The Morgan fingerprint density at radius 1 is 1.26 bits per heavy atom. The number of carboxylic acids is 1. The van der Waals surface area contributed by atoms with E-state index in [1.165, 1.54) is 0 Å². The third-order valence-corrected chi connectivity index (χ3v) is 4.51. The molecule has 0 heterocycles. The summed E-state index contributed by atoms with van der Waals surface area (Å²) in [5.41, 5.74) is 1.38. The van der Waals surface area contributed by atoms with Crippen molar-refractivity contribution < 1.29 is 18.3 Å². The van der Waals surface area contributed by atoms with Crippen molar-refractivity contribution in [3.8, 4) is 0 Å². The maximum absolute atomic E-state index is 12.2. The number of rotatable bonds is 7. The van der Waals surface area contributed by atoms with Gasteiger partial charge in [-0.1, -0.05) is 31.0 Å². The van der Waals surface area contributed by atoms with Gasteiger partial charge in [0, 0.05) is 0 Å². The standard InChI is InChI=1S/C13H19NO4S/c1-3-4-9-19(17,18)14(10-13(15)16)12-7-5-11(2)6-8-12/h5-8H,3-4,9-10H2,1-2H3,(H,15,16). The van der Waals surface area contributed by atoms with Crippen LogP contribution in [0.25, 0.3) is 0 Å². The fourth-order valence-corrected chi connectivity index (χ4v) is 3.24. The molecule has 0 aliphatic heterocycles. The number of anilines is 1. The van der Waals surface area contributed by atoms with Crippen molar-refractivity contribution >= 4 is 21.7 Å². The van der Waals surface area contributed by atoms with Crippen LogP contribution in [-0.4, -0.2) is 31.8 Å². The van der Waals surface area contributed by atoms with Gasteiger partial charge in [0.05, 0.1) is 11.4 Å². The molecule has 0 spiro atoms. The molecule has 0 atom stereocenters. The second-order valence-electron chi connectivity index (χ2n) is 4.41. The number of unbranched alkanes of at least 4 members (excludes halogenated alkanes) is 1. The van der Waals surface area contributed by atoms with Gasteiger partial charge in [-0.2, -0.15) is 0 Å². The minimum atomic E-state index is -3.59. The summed E-state index contributed by atoms with van der Waals surface area (Å²) in [4.78, 5) is 10.9. The summed E-state index contributed by atoms with van der Waals surface area (Å²) in [6.45, 7) is 3.23. The van der Waals surface area contributed by atoms with Crippen LogP contribution in [0, 0.1) is 6.92 Å². The van der Waals surface area contributed by atoms with Crippen molar-refractivity contribution in [2.24, 2.45) is 0 Å². The fraction of sp³-hybridized carbons (Fsp3) is 0.462. The van der Waals surface area contributed by atoms with Gasteiger partial charge in [-0.15, -0.1) is 0 Å². The van der Waals surface area contributed by atoms with E-state index in [9.17, 15) is 13.2 Å². The van der Waals surface area contributed by atoms with Gasteiger partial charge in [0.15, 0.2) is 0 Å². The Labute approximate surface area is 113 Å². The molecule has 0 aliphatic carbocycles. The predicted molar refractivity (Wildman–Crippen MR) is 74.9 cm³/mol. The van der Waals surface area contributed by atoms with Gasteiger partial charge in [-0.05, 0) is 25.5 Å². The number of sulfonamides is 1. The smallest absolute Gasteiger partial charge is 0.324 e. The molecule has 0 aliphatic rings. The number of carbonyl (C=O) groups is 1. The van der Waals surface area contributed by atoms with E-state index in [2.05, 4.69) is 0 Å². The summed E-state index contributed by atoms with van der Waals surface area (Å²) in [5.74, 6) is -1.20. The minimum Gasteiger partial charge on any atom is -0.480 e. The SMILES string of the molecule is CCCCS(=O)(=O)N(CC(=O)O)c1ccc(C)cc1. The summed E-state index contributed by atoms with van der Waals surface area (Å²) in [7, 11) is -3.59. The van der Waals surface area contributed by atoms with Crippen LogP contribution in [0.3, 0.4) is 0 Å². The number of benzene rings is 1. The van der Waals surface area contributed by atoms with Crippen molar-refractivity contribution in [1.29, 1.82) is 0 Å². The first-order valence-corrected chi connectivity index (χ1v) is 7.76. The Hall–Kier alpha value is -1.56. The van der Waals surface area contributed by atoms with Crippen molar-refractivity contribution in [3.05, 3.63) is 29.8 Å². The van der Waals surface area contributed by atoms with Crippen LogP contribution < -0.4 is 4.31 Å². The van der Waals surface area contributed by atoms with Gasteiger partial charge in [0.25, 0.3) is 0 Å². The Morgan fingerprint density at radius 2 is 1.84 bits per heavy atom.